The van der Waals surface area contributed by atoms with Crippen LogP contribution in [0.25, 0.3) is 0 Å². The second-order valence-electron chi connectivity index (χ2n) is 5.24. The second kappa shape index (κ2) is 7.62. The van der Waals surface area contributed by atoms with Gasteiger partial charge in [0.15, 0.2) is 0 Å². The number of rotatable bonds is 5. The third-order valence-corrected chi connectivity index (χ3v) is 3.61. The van der Waals surface area contributed by atoms with E-state index in [1.165, 1.54) is 0 Å². The third kappa shape index (κ3) is 4.78. The maximum Gasteiger partial charge on any atom is 0.251 e. The molecule has 1 unspecified atom stereocenters. The van der Waals surface area contributed by atoms with Gasteiger partial charge in [0.2, 0.25) is 0 Å². The number of nitrogens with one attached hydrogen (secondary N) is 1. The highest BCUT2D eigenvalue weighted by Crippen LogP contribution is 2.10. The van der Waals surface area contributed by atoms with Crippen molar-refractivity contribution in [3.63, 3.8) is 0 Å². The summed E-state index contributed by atoms with van der Waals surface area (Å²) < 4.78 is 5.32. The Kier molecular flexibility index (Phi) is 5.83. The van der Waals surface area contributed by atoms with Crippen LogP contribution in [-0.4, -0.2) is 50.2 Å². The Morgan fingerprint density at radius 1 is 1.45 bits per heavy atom. The Labute approximate surface area is 125 Å². The van der Waals surface area contributed by atoms with Crippen LogP contribution in [0.15, 0.2) is 24.3 Å². The maximum atomic E-state index is 12.0. The standard InChI is InChI=1S/C15H21ClN2O2/c1-12(11-18-5-7-20-8-6-18)10-17-15(19)13-3-2-4-14(16)9-13/h2-4,9,12H,5-8,10-11H2,1H3,(H,17,19). The van der Waals surface area contributed by atoms with E-state index < -0.39 is 0 Å². The van der Waals surface area contributed by atoms with E-state index in [0.717, 1.165) is 32.8 Å². The topological polar surface area (TPSA) is 41.6 Å². The summed E-state index contributed by atoms with van der Waals surface area (Å²) in [6.07, 6.45) is 0. The first kappa shape index (κ1) is 15.3. The SMILES string of the molecule is CC(CNC(=O)c1cccc(Cl)c1)CN1CCOCC1. The number of hydrogen-bond acceptors (Lipinski definition) is 3. The Balaban J connectivity index is 1.75. The zero-order valence-electron chi connectivity index (χ0n) is 11.8. The van der Waals surface area contributed by atoms with Gasteiger partial charge in [0, 0.05) is 36.8 Å². The molecule has 110 valence electrons. The molecule has 1 atom stereocenters. The lowest BCUT2D eigenvalue weighted by atomic mass is 10.1. The molecule has 0 saturated carbocycles. The lowest BCUT2D eigenvalue weighted by molar-refractivity contribution is 0.0317. The van der Waals surface area contributed by atoms with Crippen LogP contribution in [-0.2, 0) is 4.74 Å². The lowest BCUT2D eigenvalue weighted by Gasteiger charge is -2.29. The maximum absolute atomic E-state index is 12.0. The van der Waals surface area contributed by atoms with Gasteiger partial charge in [-0.1, -0.05) is 24.6 Å². The van der Waals surface area contributed by atoms with E-state index in [2.05, 4.69) is 17.1 Å². The number of nitrogens with zero attached hydrogens (tertiary/aromatic N) is 1. The fourth-order valence-corrected chi connectivity index (χ4v) is 2.48. The molecule has 20 heavy (non-hydrogen) atoms. The molecule has 1 N–H and O–H groups in total. The molecule has 1 aliphatic rings. The van der Waals surface area contributed by atoms with Crippen molar-refractivity contribution in [1.82, 2.24) is 10.2 Å². The first-order valence-corrected chi connectivity index (χ1v) is 7.37. The Morgan fingerprint density at radius 3 is 2.90 bits per heavy atom. The molecule has 1 aromatic rings. The van der Waals surface area contributed by atoms with Crippen LogP contribution >= 0.6 is 11.6 Å². The molecule has 0 radical (unpaired) electrons. The van der Waals surface area contributed by atoms with Gasteiger partial charge in [0.25, 0.3) is 5.91 Å². The molecule has 2 rings (SSSR count). The fraction of sp³-hybridized carbons (Fsp3) is 0.533. The first-order valence-electron chi connectivity index (χ1n) is 6.99. The van der Waals surface area contributed by atoms with Crippen LogP contribution in [0.2, 0.25) is 5.02 Å². The van der Waals surface area contributed by atoms with Crippen molar-refractivity contribution in [2.75, 3.05) is 39.4 Å². The smallest absolute Gasteiger partial charge is 0.251 e. The van der Waals surface area contributed by atoms with Gasteiger partial charge in [-0.2, -0.15) is 0 Å². The summed E-state index contributed by atoms with van der Waals surface area (Å²) >= 11 is 5.88. The van der Waals surface area contributed by atoms with Gasteiger partial charge in [-0.25, -0.2) is 0 Å². The molecule has 1 saturated heterocycles. The summed E-state index contributed by atoms with van der Waals surface area (Å²) in [5, 5.41) is 3.54. The minimum absolute atomic E-state index is 0.0682. The monoisotopic (exact) mass is 296 g/mol. The van der Waals surface area contributed by atoms with E-state index in [1.807, 2.05) is 0 Å². The van der Waals surface area contributed by atoms with Gasteiger partial charge < -0.3 is 10.1 Å². The quantitative estimate of drug-likeness (QED) is 0.904. The first-order chi connectivity index (χ1) is 9.65. The molecule has 1 heterocycles. The predicted octanol–water partition coefficient (Wildman–Crippen LogP) is 2.04. The largest absolute Gasteiger partial charge is 0.379 e. The number of ether oxygens (including phenoxy) is 1. The molecule has 1 aromatic carbocycles. The summed E-state index contributed by atoms with van der Waals surface area (Å²) in [6, 6.07) is 7.01. The Hall–Kier alpha value is -1.10. The Morgan fingerprint density at radius 2 is 2.20 bits per heavy atom. The molecular formula is C15H21ClN2O2. The minimum Gasteiger partial charge on any atom is -0.379 e. The average molecular weight is 297 g/mol. The number of amides is 1. The molecule has 5 heteroatoms. The van der Waals surface area contributed by atoms with Crippen LogP contribution in [0.3, 0.4) is 0 Å². The summed E-state index contributed by atoms with van der Waals surface area (Å²) in [5.41, 5.74) is 0.607. The minimum atomic E-state index is -0.0682. The van der Waals surface area contributed by atoms with Crippen LogP contribution in [0.5, 0.6) is 0 Å². The average Bonchev–Trinajstić information content (AvgIpc) is 2.46. The van der Waals surface area contributed by atoms with Crippen molar-refractivity contribution >= 4 is 17.5 Å². The van der Waals surface area contributed by atoms with Crippen molar-refractivity contribution in [3.8, 4) is 0 Å². The van der Waals surface area contributed by atoms with E-state index in [1.54, 1.807) is 24.3 Å². The molecule has 4 nitrogen and oxygen atoms in total. The highest BCUT2D eigenvalue weighted by atomic mass is 35.5. The lowest BCUT2D eigenvalue weighted by Crippen LogP contribution is -2.41. The highest BCUT2D eigenvalue weighted by molar-refractivity contribution is 6.30. The number of benzene rings is 1. The molecule has 0 aliphatic carbocycles. The highest BCUT2D eigenvalue weighted by Gasteiger charge is 2.14. The molecule has 1 aliphatic heterocycles. The summed E-state index contributed by atoms with van der Waals surface area (Å²) in [6.45, 7) is 7.37. The number of halogens is 1. The number of carbonyl (C=O) groups excluding carboxylic acids is 1. The number of morpholine rings is 1. The molecule has 1 amide bonds. The third-order valence-electron chi connectivity index (χ3n) is 3.37. The molecule has 0 spiro atoms. The van der Waals surface area contributed by atoms with E-state index in [0.29, 0.717) is 23.0 Å². The molecule has 0 aromatic heterocycles. The normalized spacial score (nSPS) is 17.7. The summed E-state index contributed by atoms with van der Waals surface area (Å²) in [5.74, 6) is 0.345. The van der Waals surface area contributed by atoms with Crippen LogP contribution < -0.4 is 5.32 Å². The van der Waals surface area contributed by atoms with Crippen molar-refractivity contribution in [1.29, 1.82) is 0 Å². The van der Waals surface area contributed by atoms with E-state index in [-0.39, 0.29) is 5.91 Å². The predicted molar refractivity (Wildman–Crippen MR) is 80.2 cm³/mol. The van der Waals surface area contributed by atoms with E-state index in [4.69, 9.17) is 16.3 Å². The summed E-state index contributed by atoms with van der Waals surface area (Å²) in [4.78, 5) is 14.4. The summed E-state index contributed by atoms with van der Waals surface area (Å²) in [7, 11) is 0. The molecule has 0 bridgehead atoms. The van der Waals surface area contributed by atoms with Crippen LogP contribution in [0, 0.1) is 5.92 Å². The van der Waals surface area contributed by atoms with Gasteiger partial charge in [-0.05, 0) is 24.1 Å². The van der Waals surface area contributed by atoms with E-state index >= 15 is 0 Å². The Bertz CT molecular complexity index is 447. The second-order valence-corrected chi connectivity index (χ2v) is 5.67. The van der Waals surface area contributed by atoms with E-state index in [9.17, 15) is 4.79 Å². The zero-order chi connectivity index (χ0) is 14.4. The zero-order valence-corrected chi connectivity index (χ0v) is 12.5. The number of carbonyl (C=O) groups is 1. The molecular weight excluding hydrogens is 276 g/mol. The van der Waals surface area contributed by atoms with Gasteiger partial charge in [0.1, 0.15) is 0 Å². The van der Waals surface area contributed by atoms with Crippen LogP contribution in [0.1, 0.15) is 17.3 Å². The number of hydrogen-bond donors (Lipinski definition) is 1. The van der Waals surface area contributed by atoms with Gasteiger partial charge in [0.05, 0.1) is 13.2 Å². The van der Waals surface area contributed by atoms with Crippen molar-refractivity contribution in [3.05, 3.63) is 34.9 Å². The van der Waals surface area contributed by atoms with Crippen molar-refractivity contribution in [2.45, 2.75) is 6.92 Å². The van der Waals surface area contributed by atoms with Gasteiger partial charge in [-0.3, -0.25) is 9.69 Å². The van der Waals surface area contributed by atoms with Crippen LogP contribution in [0.4, 0.5) is 0 Å². The van der Waals surface area contributed by atoms with Gasteiger partial charge >= 0.3 is 0 Å². The molecule has 1 fully saturated rings. The van der Waals surface area contributed by atoms with Gasteiger partial charge in [-0.15, -0.1) is 0 Å². The van der Waals surface area contributed by atoms with Crippen molar-refractivity contribution < 1.29 is 9.53 Å². The fourth-order valence-electron chi connectivity index (χ4n) is 2.29. The van der Waals surface area contributed by atoms with Crippen molar-refractivity contribution in [2.24, 2.45) is 5.92 Å².